The van der Waals surface area contributed by atoms with Gasteiger partial charge in [0, 0.05) is 12.4 Å². The molecule has 2 aromatic heterocycles. The topological polar surface area (TPSA) is 42.9 Å². The Morgan fingerprint density at radius 3 is 2.71 bits per heavy atom. The standard InChI is InChI=1S/C9H5ClN2OS/c10-9-8(11-3-4-12-9)7-2-1-6(5-13)14-7/h1-5H. The fourth-order valence-electron chi connectivity index (χ4n) is 1.03. The van der Waals surface area contributed by atoms with E-state index in [1.807, 2.05) is 6.07 Å². The fourth-order valence-corrected chi connectivity index (χ4v) is 2.11. The van der Waals surface area contributed by atoms with Crippen LogP contribution in [0, 0.1) is 0 Å². The van der Waals surface area contributed by atoms with Crippen molar-refractivity contribution >= 4 is 29.2 Å². The fraction of sp³-hybridized carbons (Fsp3) is 0. The maximum atomic E-state index is 10.5. The average Bonchev–Trinajstić information content (AvgIpc) is 2.67. The zero-order chi connectivity index (χ0) is 9.97. The molecule has 0 spiro atoms. The SMILES string of the molecule is O=Cc1ccc(-c2nccnc2Cl)s1. The van der Waals surface area contributed by atoms with Gasteiger partial charge in [-0.25, -0.2) is 4.98 Å². The third-order valence-corrected chi connectivity index (χ3v) is 2.92. The van der Waals surface area contributed by atoms with Crippen LogP contribution in [-0.2, 0) is 0 Å². The summed E-state index contributed by atoms with van der Waals surface area (Å²) in [7, 11) is 0. The van der Waals surface area contributed by atoms with Crippen LogP contribution in [0.1, 0.15) is 9.67 Å². The summed E-state index contributed by atoms with van der Waals surface area (Å²) in [5, 5.41) is 0.354. The summed E-state index contributed by atoms with van der Waals surface area (Å²) in [6.07, 6.45) is 3.90. The van der Waals surface area contributed by atoms with Crippen LogP contribution in [0.4, 0.5) is 0 Å². The summed E-state index contributed by atoms with van der Waals surface area (Å²) in [5.74, 6) is 0. The minimum absolute atomic E-state index is 0.354. The van der Waals surface area contributed by atoms with Gasteiger partial charge >= 0.3 is 0 Å². The highest BCUT2D eigenvalue weighted by Gasteiger charge is 2.07. The molecule has 0 aromatic carbocycles. The Morgan fingerprint density at radius 1 is 1.29 bits per heavy atom. The molecule has 0 fully saturated rings. The second-order valence-corrected chi connectivity index (χ2v) is 3.99. The molecule has 0 amide bonds. The Balaban J connectivity index is 2.49. The predicted molar refractivity (Wildman–Crippen MR) is 55.7 cm³/mol. The lowest BCUT2D eigenvalue weighted by Crippen LogP contribution is -1.83. The number of rotatable bonds is 2. The minimum atomic E-state index is 0.354. The van der Waals surface area contributed by atoms with Crippen LogP contribution in [-0.4, -0.2) is 16.3 Å². The number of aldehydes is 1. The maximum Gasteiger partial charge on any atom is 0.160 e. The monoisotopic (exact) mass is 224 g/mol. The lowest BCUT2D eigenvalue weighted by Gasteiger charge is -1.96. The van der Waals surface area contributed by atoms with E-state index < -0.39 is 0 Å². The second kappa shape index (κ2) is 3.86. The first kappa shape index (κ1) is 9.30. The summed E-state index contributed by atoms with van der Waals surface area (Å²) < 4.78 is 0. The quantitative estimate of drug-likeness (QED) is 0.737. The van der Waals surface area contributed by atoms with Crippen molar-refractivity contribution in [3.63, 3.8) is 0 Å². The number of aromatic nitrogens is 2. The molecule has 70 valence electrons. The van der Waals surface area contributed by atoms with E-state index in [9.17, 15) is 4.79 Å². The Labute approximate surface area is 89.4 Å². The number of carbonyl (C=O) groups is 1. The van der Waals surface area contributed by atoms with Crippen LogP contribution in [0.15, 0.2) is 24.5 Å². The van der Waals surface area contributed by atoms with E-state index in [1.165, 1.54) is 17.5 Å². The Bertz CT molecular complexity index is 469. The van der Waals surface area contributed by atoms with Gasteiger partial charge in [0.1, 0.15) is 5.69 Å². The van der Waals surface area contributed by atoms with Crippen LogP contribution in [0.25, 0.3) is 10.6 Å². The number of thiophene rings is 1. The molecule has 0 saturated carbocycles. The smallest absolute Gasteiger partial charge is 0.160 e. The van der Waals surface area contributed by atoms with Gasteiger partial charge in [-0.2, -0.15) is 0 Å². The van der Waals surface area contributed by atoms with Crippen LogP contribution in [0.2, 0.25) is 5.15 Å². The summed E-state index contributed by atoms with van der Waals surface area (Å²) in [6, 6.07) is 3.54. The molecule has 0 radical (unpaired) electrons. The van der Waals surface area contributed by atoms with Crippen LogP contribution >= 0.6 is 22.9 Å². The highest BCUT2D eigenvalue weighted by molar-refractivity contribution is 7.17. The lowest BCUT2D eigenvalue weighted by molar-refractivity contribution is 0.112. The largest absolute Gasteiger partial charge is 0.297 e. The van der Waals surface area contributed by atoms with E-state index in [2.05, 4.69) is 9.97 Å². The molecule has 0 aliphatic rings. The van der Waals surface area contributed by atoms with Crippen molar-refractivity contribution in [2.45, 2.75) is 0 Å². The first-order valence-corrected chi connectivity index (χ1v) is 5.02. The van der Waals surface area contributed by atoms with Gasteiger partial charge in [-0.1, -0.05) is 11.6 Å². The molecule has 14 heavy (non-hydrogen) atoms. The zero-order valence-electron chi connectivity index (χ0n) is 6.98. The molecule has 2 aromatic rings. The number of hydrogen-bond donors (Lipinski definition) is 0. The van der Waals surface area contributed by atoms with Gasteiger partial charge in [0.05, 0.1) is 9.75 Å². The van der Waals surface area contributed by atoms with E-state index in [-0.39, 0.29) is 0 Å². The lowest BCUT2D eigenvalue weighted by atomic mass is 10.3. The van der Waals surface area contributed by atoms with E-state index >= 15 is 0 Å². The molecule has 3 nitrogen and oxygen atoms in total. The molecule has 0 atom stereocenters. The van der Waals surface area contributed by atoms with E-state index in [4.69, 9.17) is 11.6 Å². The number of nitrogens with zero attached hydrogens (tertiary/aromatic N) is 2. The maximum absolute atomic E-state index is 10.5. The van der Waals surface area contributed by atoms with E-state index in [1.54, 1.807) is 12.3 Å². The van der Waals surface area contributed by atoms with Crippen molar-refractivity contribution in [2.24, 2.45) is 0 Å². The Hall–Kier alpha value is -1.26. The summed E-state index contributed by atoms with van der Waals surface area (Å²) >= 11 is 7.20. The minimum Gasteiger partial charge on any atom is -0.297 e. The van der Waals surface area contributed by atoms with Crippen molar-refractivity contribution in [3.8, 4) is 10.6 Å². The van der Waals surface area contributed by atoms with Crippen molar-refractivity contribution in [1.82, 2.24) is 9.97 Å². The van der Waals surface area contributed by atoms with Crippen LogP contribution in [0.3, 0.4) is 0 Å². The highest BCUT2D eigenvalue weighted by atomic mass is 35.5. The number of halogens is 1. The molecule has 5 heteroatoms. The molecule has 0 unspecified atom stereocenters. The van der Waals surface area contributed by atoms with Gasteiger partial charge in [0.2, 0.25) is 0 Å². The Morgan fingerprint density at radius 2 is 2.07 bits per heavy atom. The Kier molecular flexibility index (Phi) is 2.56. The summed E-state index contributed by atoms with van der Waals surface area (Å²) in [4.78, 5) is 20.0. The molecule has 2 heterocycles. The molecule has 0 N–H and O–H groups in total. The second-order valence-electron chi connectivity index (χ2n) is 2.52. The molecule has 2 rings (SSSR count). The van der Waals surface area contributed by atoms with Gasteiger partial charge in [-0.3, -0.25) is 9.78 Å². The highest BCUT2D eigenvalue weighted by Crippen LogP contribution is 2.29. The van der Waals surface area contributed by atoms with Crippen molar-refractivity contribution in [2.75, 3.05) is 0 Å². The summed E-state index contributed by atoms with van der Waals surface area (Å²) in [6.45, 7) is 0. The van der Waals surface area contributed by atoms with E-state index in [0.717, 1.165) is 11.2 Å². The van der Waals surface area contributed by atoms with Gasteiger partial charge in [0.25, 0.3) is 0 Å². The molecule has 0 aliphatic heterocycles. The third kappa shape index (κ3) is 1.66. The first-order chi connectivity index (χ1) is 6.81. The van der Waals surface area contributed by atoms with E-state index in [0.29, 0.717) is 15.7 Å². The van der Waals surface area contributed by atoms with Crippen molar-refractivity contribution < 1.29 is 4.79 Å². The molecule has 0 bridgehead atoms. The molecule has 0 saturated heterocycles. The van der Waals surface area contributed by atoms with Gasteiger partial charge < -0.3 is 0 Å². The number of hydrogen-bond acceptors (Lipinski definition) is 4. The average molecular weight is 225 g/mol. The molecule has 0 aliphatic carbocycles. The predicted octanol–water partition coefficient (Wildman–Crippen LogP) is 2.67. The number of carbonyl (C=O) groups excluding carboxylic acids is 1. The normalized spacial score (nSPS) is 10.1. The van der Waals surface area contributed by atoms with Crippen LogP contribution < -0.4 is 0 Å². The first-order valence-electron chi connectivity index (χ1n) is 3.83. The van der Waals surface area contributed by atoms with Gasteiger partial charge in [-0.05, 0) is 12.1 Å². The van der Waals surface area contributed by atoms with Crippen molar-refractivity contribution in [3.05, 3.63) is 34.6 Å². The van der Waals surface area contributed by atoms with Gasteiger partial charge in [-0.15, -0.1) is 11.3 Å². The van der Waals surface area contributed by atoms with Gasteiger partial charge in [0.15, 0.2) is 11.4 Å². The zero-order valence-corrected chi connectivity index (χ0v) is 8.55. The summed E-state index contributed by atoms with van der Waals surface area (Å²) in [5.41, 5.74) is 0.618. The molecular weight excluding hydrogens is 220 g/mol. The van der Waals surface area contributed by atoms with Crippen molar-refractivity contribution in [1.29, 1.82) is 0 Å². The molecular formula is C9H5ClN2OS. The third-order valence-electron chi connectivity index (χ3n) is 1.63. The van der Waals surface area contributed by atoms with Crippen LogP contribution in [0.5, 0.6) is 0 Å².